The second kappa shape index (κ2) is 10.2. The van der Waals surface area contributed by atoms with Crippen LogP contribution in [0, 0.1) is 18.8 Å². The number of hydrogen-bond acceptors (Lipinski definition) is 4. The number of nitrogens with two attached hydrogens (primary N) is 1. The van der Waals surface area contributed by atoms with Crippen molar-refractivity contribution in [3.8, 4) is 0 Å². The molecule has 1 aliphatic rings. The lowest BCUT2D eigenvalue weighted by molar-refractivity contribution is -0.138. The van der Waals surface area contributed by atoms with E-state index in [4.69, 9.17) is 5.73 Å². The molecule has 0 aliphatic carbocycles. The average molecular weight is 389 g/mol. The van der Waals surface area contributed by atoms with Gasteiger partial charge in [0.15, 0.2) is 0 Å². The smallest absolute Gasteiger partial charge is 0.251 e. The highest BCUT2D eigenvalue weighted by atomic mass is 16.2. The minimum atomic E-state index is -0.625. The Morgan fingerprint density at radius 1 is 1.21 bits per heavy atom. The zero-order chi connectivity index (χ0) is 20.7. The van der Waals surface area contributed by atoms with E-state index in [1.807, 2.05) is 32.9 Å². The maximum atomic E-state index is 13.1. The Labute approximate surface area is 167 Å². The van der Waals surface area contributed by atoms with Crippen molar-refractivity contribution in [2.45, 2.75) is 39.7 Å². The van der Waals surface area contributed by atoms with Crippen LogP contribution in [0.25, 0.3) is 0 Å². The van der Waals surface area contributed by atoms with Crippen LogP contribution in [0.15, 0.2) is 24.3 Å². The molecule has 1 saturated heterocycles. The van der Waals surface area contributed by atoms with E-state index < -0.39 is 6.04 Å². The minimum absolute atomic E-state index is 0.0617. The van der Waals surface area contributed by atoms with Crippen molar-refractivity contribution in [3.05, 3.63) is 35.4 Å². The lowest BCUT2D eigenvalue weighted by Gasteiger charge is -2.35. The molecule has 1 aromatic carbocycles. The van der Waals surface area contributed by atoms with Gasteiger partial charge in [-0.2, -0.15) is 0 Å². The summed E-state index contributed by atoms with van der Waals surface area (Å²) < 4.78 is 0. The van der Waals surface area contributed by atoms with Gasteiger partial charge in [-0.15, -0.1) is 0 Å². The van der Waals surface area contributed by atoms with Gasteiger partial charge in [0.25, 0.3) is 5.91 Å². The first-order valence-electron chi connectivity index (χ1n) is 9.97. The summed E-state index contributed by atoms with van der Waals surface area (Å²) in [7, 11) is 0. The van der Waals surface area contributed by atoms with Crippen molar-refractivity contribution in [2.24, 2.45) is 17.6 Å². The van der Waals surface area contributed by atoms with Gasteiger partial charge in [-0.25, -0.2) is 0 Å². The molecular formula is C21H32N4O3. The van der Waals surface area contributed by atoms with E-state index in [0.29, 0.717) is 31.7 Å². The summed E-state index contributed by atoms with van der Waals surface area (Å²) in [5.41, 5.74) is 7.04. The molecule has 1 heterocycles. The highest BCUT2D eigenvalue weighted by molar-refractivity contribution is 5.97. The summed E-state index contributed by atoms with van der Waals surface area (Å²) in [4.78, 5) is 39.6. The number of aryl methyl sites for hydroxylation is 1. The SMILES string of the molecule is Cc1ccc(C(=O)NC(C(=O)N2CCCC(C(=O)NCCN)C2)C(C)C)cc1. The van der Waals surface area contributed by atoms with Gasteiger partial charge in [0.1, 0.15) is 6.04 Å². The van der Waals surface area contributed by atoms with Gasteiger partial charge < -0.3 is 21.3 Å². The van der Waals surface area contributed by atoms with E-state index in [0.717, 1.165) is 18.4 Å². The van der Waals surface area contributed by atoms with Crippen LogP contribution in [-0.4, -0.2) is 54.8 Å². The Balaban J connectivity index is 2.04. The summed E-state index contributed by atoms with van der Waals surface area (Å²) >= 11 is 0. The topological polar surface area (TPSA) is 105 Å². The van der Waals surface area contributed by atoms with Crippen LogP contribution in [0.1, 0.15) is 42.6 Å². The van der Waals surface area contributed by atoms with E-state index in [2.05, 4.69) is 10.6 Å². The number of nitrogens with zero attached hydrogens (tertiary/aromatic N) is 1. The monoisotopic (exact) mass is 388 g/mol. The Morgan fingerprint density at radius 3 is 2.50 bits per heavy atom. The van der Waals surface area contributed by atoms with E-state index >= 15 is 0 Å². The van der Waals surface area contributed by atoms with Gasteiger partial charge in [0, 0.05) is 31.7 Å². The van der Waals surface area contributed by atoms with Gasteiger partial charge in [-0.1, -0.05) is 31.5 Å². The number of hydrogen-bond donors (Lipinski definition) is 3. The molecule has 1 aliphatic heterocycles. The molecule has 0 saturated carbocycles. The molecule has 0 aromatic heterocycles. The van der Waals surface area contributed by atoms with Gasteiger partial charge >= 0.3 is 0 Å². The molecule has 28 heavy (non-hydrogen) atoms. The van der Waals surface area contributed by atoms with E-state index in [9.17, 15) is 14.4 Å². The lowest BCUT2D eigenvalue weighted by Crippen LogP contribution is -2.54. The average Bonchev–Trinajstić information content (AvgIpc) is 2.69. The summed E-state index contributed by atoms with van der Waals surface area (Å²) in [5, 5.41) is 5.68. The highest BCUT2D eigenvalue weighted by Gasteiger charge is 2.33. The maximum Gasteiger partial charge on any atom is 0.251 e. The summed E-state index contributed by atoms with van der Waals surface area (Å²) in [5.74, 6) is -0.751. The van der Waals surface area contributed by atoms with Crippen LogP contribution in [0.4, 0.5) is 0 Å². The van der Waals surface area contributed by atoms with Crippen LogP contribution >= 0.6 is 0 Å². The first-order chi connectivity index (χ1) is 13.3. The fourth-order valence-corrected chi connectivity index (χ4v) is 3.37. The number of piperidine rings is 1. The third-order valence-corrected chi connectivity index (χ3v) is 5.08. The molecule has 0 bridgehead atoms. The Kier molecular flexibility index (Phi) is 7.99. The van der Waals surface area contributed by atoms with Gasteiger partial charge in [-0.05, 0) is 37.8 Å². The zero-order valence-corrected chi connectivity index (χ0v) is 17.0. The van der Waals surface area contributed by atoms with E-state index in [1.54, 1.807) is 17.0 Å². The molecule has 1 fully saturated rings. The quantitative estimate of drug-likeness (QED) is 0.650. The molecule has 7 nitrogen and oxygen atoms in total. The summed E-state index contributed by atoms with van der Waals surface area (Å²) in [6, 6.07) is 6.63. The van der Waals surface area contributed by atoms with Crippen LogP contribution in [0.5, 0.6) is 0 Å². The fraction of sp³-hybridized carbons (Fsp3) is 0.571. The normalized spacial score (nSPS) is 17.9. The van der Waals surface area contributed by atoms with Crippen molar-refractivity contribution >= 4 is 17.7 Å². The molecule has 4 N–H and O–H groups in total. The number of rotatable bonds is 7. The van der Waals surface area contributed by atoms with E-state index in [1.165, 1.54) is 0 Å². The lowest BCUT2D eigenvalue weighted by atomic mass is 9.94. The predicted octanol–water partition coefficient (Wildman–Crippen LogP) is 1.06. The van der Waals surface area contributed by atoms with Crippen molar-refractivity contribution in [3.63, 3.8) is 0 Å². The first kappa shape index (κ1) is 21.9. The maximum absolute atomic E-state index is 13.1. The van der Waals surface area contributed by atoms with E-state index in [-0.39, 0.29) is 29.6 Å². The fourth-order valence-electron chi connectivity index (χ4n) is 3.37. The predicted molar refractivity (Wildman–Crippen MR) is 109 cm³/mol. The van der Waals surface area contributed by atoms with Crippen molar-refractivity contribution in [1.82, 2.24) is 15.5 Å². The molecule has 2 unspecified atom stereocenters. The second-order valence-electron chi connectivity index (χ2n) is 7.76. The Morgan fingerprint density at radius 2 is 1.89 bits per heavy atom. The molecule has 0 radical (unpaired) electrons. The number of carbonyl (C=O) groups is 3. The van der Waals surface area contributed by atoms with Gasteiger partial charge in [-0.3, -0.25) is 14.4 Å². The Hall–Kier alpha value is -2.41. The molecule has 2 rings (SSSR count). The molecule has 1 aromatic rings. The molecule has 3 amide bonds. The largest absolute Gasteiger partial charge is 0.355 e. The molecule has 154 valence electrons. The van der Waals surface area contributed by atoms with Crippen molar-refractivity contribution in [2.75, 3.05) is 26.2 Å². The number of likely N-dealkylation sites (tertiary alicyclic amines) is 1. The first-order valence-corrected chi connectivity index (χ1v) is 9.97. The van der Waals surface area contributed by atoms with Crippen LogP contribution in [0.2, 0.25) is 0 Å². The number of benzene rings is 1. The van der Waals surface area contributed by atoms with Crippen molar-refractivity contribution in [1.29, 1.82) is 0 Å². The standard InChI is InChI=1S/C21H32N4O3/c1-14(2)18(24-20(27)16-8-6-15(3)7-9-16)21(28)25-12-4-5-17(13-25)19(26)23-11-10-22/h6-9,14,17-18H,4-5,10-13,22H2,1-3H3,(H,23,26)(H,24,27). The van der Waals surface area contributed by atoms with Crippen LogP contribution < -0.4 is 16.4 Å². The third kappa shape index (κ3) is 5.79. The summed E-state index contributed by atoms with van der Waals surface area (Å²) in [6.07, 6.45) is 1.52. The van der Waals surface area contributed by atoms with Crippen molar-refractivity contribution < 1.29 is 14.4 Å². The Bertz CT molecular complexity index is 687. The zero-order valence-electron chi connectivity index (χ0n) is 17.0. The molecule has 7 heteroatoms. The van der Waals surface area contributed by atoms with Gasteiger partial charge in [0.05, 0.1) is 5.92 Å². The minimum Gasteiger partial charge on any atom is -0.355 e. The molecular weight excluding hydrogens is 356 g/mol. The summed E-state index contributed by atoms with van der Waals surface area (Å²) in [6.45, 7) is 7.58. The molecule has 0 spiro atoms. The van der Waals surface area contributed by atoms with Gasteiger partial charge in [0.2, 0.25) is 11.8 Å². The van der Waals surface area contributed by atoms with Crippen LogP contribution in [0.3, 0.4) is 0 Å². The second-order valence-corrected chi connectivity index (χ2v) is 7.76. The highest BCUT2D eigenvalue weighted by Crippen LogP contribution is 2.19. The number of amides is 3. The number of nitrogens with one attached hydrogen (secondary N) is 2. The molecule has 2 atom stereocenters. The third-order valence-electron chi connectivity index (χ3n) is 5.08. The number of carbonyl (C=O) groups excluding carboxylic acids is 3. The van der Waals surface area contributed by atoms with Crippen LogP contribution in [-0.2, 0) is 9.59 Å².